The molecule has 0 saturated carbocycles. The molecule has 0 atom stereocenters. The quantitative estimate of drug-likeness (QED) is 0.457. The van der Waals surface area contributed by atoms with Crippen molar-refractivity contribution in [1.82, 2.24) is 0 Å². The summed E-state index contributed by atoms with van der Waals surface area (Å²) in [7, 11) is 0. The lowest BCUT2D eigenvalue weighted by molar-refractivity contribution is -0.147. The van der Waals surface area contributed by atoms with E-state index in [1.54, 1.807) is 45.0 Å². The first kappa shape index (κ1) is 13.2. The van der Waals surface area contributed by atoms with E-state index in [2.05, 4.69) is 6.58 Å². The SMILES string of the molecule is C=C(C(=O)OC(C)(C)C)c1ccccc1C=O. The molecule has 0 spiro atoms. The molecule has 17 heavy (non-hydrogen) atoms. The first-order valence-electron chi connectivity index (χ1n) is 5.32. The van der Waals surface area contributed by atoms with Crippen LogP contribution in [0.2, 0.25) is 0 Å². The smallest absolute Gasteiger partial charge is 0.338 e. The van der Waals surface area contributed by atoms with E-state index >= 15 is 0 Å². The topological polar surface area (TPSA) is 43.4 Å². The van der Waals surface area contributed by atoms with Crippen LogP contribution in [0.3, 0.4) is 0 Å². The van der Waals surface area contributed by atoms with Gasteiger partial charge in [0.15, 0.2) is 6.29 Å². The van der Waals surface area contributed by atoms with Crippen molar-refractivity contribution in [3.8, 4) is 0 Å². The Hall–Kier alpha value is -1.90. The van der Waals surface area contributed by atoms with Crippen molar-refractivity contribution < 1.29 is 14.3 Å². The largest absolute Gasteiger partial charge is 0.456 e. The number of carbonyl (C=O) groups excluding carboxylic acids is 2. The summed E-state index contributed by atoms with van der Waals surface area (Å²) in [4.78, 5) is 22.6. The van der Waals surface area contributed by atoms with Crippen LogP contribution in [0.15, 0.2) is 30.8 Å². The van der Waals surface area contributed by atoms with E-state index in [4.69, 9.17) is 4.74 Å². The van der Waals surface area contributed by atoms with Gasteiger partial charge in [0.1, 0.15) is 5.60 Å². The average Bonchev–Trinajstić information content (AvgIpc) is 2.25. The van der Waals surface area contributed by atoms with E-state index in [-0.39, 0.29) is 5.57 Å². The Morgan fingerprint density at radius 1 is 1.29 bits per heavy atom. The third kappa shape index (κ3) is 3.55. The van der Waals surface area contributed by atoms with Gasteiger partial charge in [-0.3, -0.25) is 4.79 Å². The highest BCUT2D eigenvalue weighted by molar-refractivity contribution is 6.17. The molecule has 0 aliphatic rings. The summed E-state index contributed by atoms with van der Waals surface area (Å²) in [5.74, 6) is -0.508. The molecule has 0 N–H and O–H groups in total. The highest BCUT2D eigenvalue weighted by atomic mass is 16.6. The van der Waals surface area contributed by atoms with Crippen LogP contribution in [0, 0.1) is 0 Å². The van der Waals surface area contributed by atoms with Crippen LogP contribution in [0.25, 0.3) is 5.57 Å². The van der Waals surface area contributed by atoms with E-state index in [0.717, 1.165) is 0 Å². The number of ether oxygens (including phenoxy) is 1. The predicted octanol–water partition coefficient (Wildman–Crippen LogP) is 2.85. The molecule has 3 nitrogen and oxygen atoms in total. The zero-order chi connectivity index (χ0) is 13.1. The van der Waals surface area contributed by atoms with Crippen LogP contribution in [0.5, 0.6) is 0 Å². The minimum atomic E-state index is -0.573. The lowest BCUT2D eigenvalue weighted by Gasteiger charge is -2.20. The number of carbonyl (C=O) groups is 2. The molecule has 0 saturated heterocycles. The molecule has 0 fully saturated rings. The molecule has 0 unspecified atom stereocenters. The minimum absolute atomic E-state index is 0.197. The maximum absolute atomic E-state index is 11.8. The fourth-order valence-corrected chi connectivity index (χ4v) is 1.32. The van der Waals surface area contributed by atoms with Gasteiger partial charge in [0.05, 0.1) is 5.57 Å². The van der Waals surface area contributed by atoms with Crippen molar-refractivity contribution in [2.24, 2.45) is 0 Å². The lowest BCUT2D eigenvalue weighted by atomic mass is 10.0. The number of hydrogen-bond acceptors (Lipinski definition) is 3. The van der Waals surface area contributed by atoms with E-state index in [9.17, 15) is 9.59 Å². The molecule has 0 heterocycles. The number of aldehydes is 1. The van der Waals surface area contributed by atoms with Gasteiger partial charge in [0.2, 0.25) is 0 Å². The Kier molecular flexibility index (Phi) is 3.84. The highest BCUT2D eigenvalue weighted by Gasteiger charge is 2.20. The second kappa shape index (κ2) is 4.95. The van der Waals surface area contributed by atoms with Crippen molar-refractivity contribution in [3.63, 3.8) is 0 Å². The fourth-order valence-electron chi connectivity index (χ4n) is 1.32. The van der Waals surface area contributed by atoms with Crippen LogP contribution in [0.1, 0.15) is 36.7 Å². The minimum Gasteiger partial charge on any atom is -0.456 e. The van der Waals surface area contributed by atoms with Crippen LogP contribution < -0.4 is 0 Å². The first-order chi connectivity index (χ1) is 7.85. The van der Waals surface area contributed by atoms with Gasteiger partial charge in [0.25, 0.3) is 0 Å². The molecule has 1 aromatic carbocycles. The molecule has 0 aromatic heterocycles. The standard InChI is InChI=1S/C14H16O3/c1-10(13(16)17-14(2,3)4)12-8-6-5-7-11(12)9-15/h5-9H,1H2,2-4H3. The number of esters is 1. The van der Waals surface area contributed by atoms with Crippen molar-refractivity contribution in [2.45, 2.75) is 26.4 Å². The molecule has 0 amide bonds. The number of hydrogen-bond donors (Lipinski definition) is 0. The Balaban J connectivity index is 2.97. The van der Waals surface area contributed by atoms with Crippen LogP contribution in [-0.2, 0) is 9.53 Å². The maximum Gasteiger partial charge on any atom is 0.338 e. The molecule has 1 aromatic rings. The zero-order valence-corrected chi connectivity index (χ0v) is 10.3. The molecule has 3 heteroatoms. The van der Waals surface area contributed by atoms with Crippen LogP contribution in [0.4, 0.5) is 0 Å². The molecule has 0 bridgehead atoms. The maximum atomic E-state index is 11.8. The molecule has 1 rings (SSSR count). The Morgan fingerprint density at radius 2 is 1.88 bits per heavy atom. The fraction of sp³-hybridized carbons (Fsp3) is 0.286. The van der Waals surface area contributed by atoms with Gasteiger partial charge in [0, 0.05) is 5.56 Å². The van der Waals surface area contributed by atoms with Gasteiger partial charge in [-0.15, -0.1) is 0 Å². The van der Waals surface area contributed by atoms with Gasteiger partial charge < -0.3 is 4.74 Å². The molecule has 90 valence electrons. The van der Waals surface area contributed by atoms with E-state index in [1.165, 1.54) is 0 Å². The van der Waals surface area contributed by atoms with Gasteiger partial charge >= 0.3 is 5.97 Å². The molecule has 0 radical (unpaired) electrons. The second-order valence-corrected chi connectivity index (χ2v) is 4.69. The summed E-state index contributed by atoms with van der Waals surface area (Å²) in [5, 5.41) is 0. The Morgan fingerprint density at radius 3 is 2.41 bits per heavy atom. The van der Waals surface area contributed by atoms with Crippen LogP contribution >= 0.6 is 0 Å². The van der Waals surface area contributed by atoms with Crippen molar-refractivity contribution >= 4 is 17.8 Å². The zero-order valence-electron chi connectivity index (χ0n) is 10.3. The molecule has 0 aliphatic heterocycles. The normalized spacial score (nSPS) is 10.8. The Labute approximate surface area is 101 Å². The van der Waals surface area contributed by atoms with Crippen LogP contribution in [-0.4, -0.2) is 17.9 Å². The third-order valence-corrected chi connectivity index (χ3v) is 2.06. The summed E-state index contributed by atoms with van der Waals surface area (Å²) in [5.41, 5.74) is 0.568. The summed E-state index contributed by atoms with van der Waals surface area (Å²) >= 11 is 0. The molecular formula is C14H16O3. The second-order valence-electron chi connectivity index (χ2n) is 4.69. The predicted molar refractivity (Wildman–Crippen MR) is 66.7 cm³/mol. The van der Waals surface area contributed by atoms with Gasteiger partial charge in [-0.1, -0.05) is 30.8 Å². The number of rotatable bonds is 3. The van der Waals surface area contributed by atoms with Crippen molar-refractivity contribution in [3.05, 3.63) is 42.0 Å². The summed E-state index contributed by atoms with van der Waals surface area (Å²) < 4.78 is 5.20. The summed E-state index contributed by atoms with van der Waals surface area (Å²) in [6.07, 6.45) is 0.699. The van der Waals surface area contributed by atoms with Gasteiger partial charge in [-0.25, -0.2) is 4.79 Å². The molecular weight excluding hydrogens is 216 g/mol. The number of benzene rings is 1. The van der Waals surface area contributed by atoms with E-state index in [0.29, 0.717) is 17.4 Å². The summed E-state index contributed by atoms with van der Waals surface area (Å²) in [6, 6.07) is 6.79. The lowest BCUT2D eigenvalue weighted by Crippen LogP contribution is -2.24. The third-order valence-electron chi connectivity index (χ3n) is 2.06. The summed E-state index contributed by atoms with van der Waals surface area (Å²) in [6.45, 7) is 9.03. The highest BCUT2D eigenvalue weighted by Crippen LogP contribution is 2.20. The van der Waals surface area contributed by atoms with E-state index in [1.807, 2.05) is 0 Å². The first-order valence-corrected chi connectivity index (χ1v) is 5.32. The monoisotopic (exact) mass is 232 g/mol. The van der Waals surface area contributed by atoms with Crippen molar-refractivity contribution in [2.75, 3.05) is 0 Å². The van der Waals surface area contributed by atoms with Gasteiger partial charge in [-0.05, 0) is 26.3 Å². The molecule has 0 aliphatic carbocycles. The van der Waals surface area contributed by atoms with E-state index < -0.39 is 11.6 Å². The van der Waals surface area contributed by atoms with Gasteiger partial charge in [-0.2, -0.15) is 0 Å². The Bertz CT molecular complexity index is 453. The van der Waals surface area contributed by atoms with Crippen molar-refractivity contribution in [1.29, 1.82) is 0 Å². The average molecular weight is 232 g/mol.